The van der Waals surface area contributed by atoms with Gasteiger partial charge in [0.25, 0.3) is 20.2 Å². The first-order chi connectivity index (χ1) is 13.0. The number of phenols is 1. The Hall–Kier alpha value is -2.38. The molecule has 3 aromatic rings. The van der Waals surface area contributed by atoms with Gasteiger partial charge in [0.15, 0.2) is 5.75 Å². The van der Waals surface area contributed by atoms with E-state index >= 15 is 0 Å². The molecule has 12 heteroatoms. The summed E-state index contributed by atoms with van der Waals surface area (Å²) in [5.41, 5.74) is 0.0840. The maximum Gasteiger partial charge on any atom is 0.298 e. The molecule has 0 amide bonds. The van der Waals surface area contributed by atoms with E-state index in [1.165, 1.54) is 6.07 Å². The van der Waals surface area contributed by atoms with Crippen LogP contribution in [0.5, 0.6) is 5.75 Å². The van der Waals surface area contributed by atoms with E-state index in [0.717, 1.165) is 18.2 Å². The van der Waals surface area contributed by atoms with Crippen LogP contribution in [0.1, 0.15) is 0 Å². The van der Waals surface area contributed by atoms with Gasteiger partial charge in [0, 0.05) is 9.86 Å². The zero-order valence-corrected chi connectivity index (χ0v) is 16.9. The molecule has 0 unspecified atom stereocenters. The Morgan fingerprint density at radius 3 is 2.18 bits per heavy atom. The lowest BCUT2D eigenvalue weighted by atomic mass is 10.1. The highest BCUT2D eigenvalue weighted by molar-refractivity contribution is 9.10. The maximum absolute atomic E-state index is 11.6. The Morgan fingerprint density at radius 2 is 1.57 bits per heavy atom. The van der Waals surface area contributed by atoms with Crippen LogP contribution in [0.25, 0.3) is 10.8 Å². The Kier molecular flexibility index (Phi) is 5.25. The molecule has 0 spiro atoms. The third-order valence-electron chi connectivity index (χ3n) is 3.67. The van der Waals surface area contributed by atoms with Gasteiger partial charge in [-0.15, -0.1) is 5.11 Å². The minimum Gasteiger partial charge on any atom is -0.504 e. The minimum absolute atomic E-state index is 0.0104. The first kappa shape index (κ1) is 20.4. The van der Waals surface area contributed by atoms with Crippen molar-refractivity contribution in [2.75, 3.05) is 0 Å². The van der Waals surface area contributed by atoms with Crippen LogP contribution in [0.3, 0.4) is 0 Å². The molecular weight excluding hydrogens is 476 g/mol. The van der Waals surface area contributed by atoms with E-state index in [4.69, 9.17) is 0 Å². The molecule has 0 aromatic heterocycles. The van der Waals surface area contributed by atoms with Crippen LogP contribution in [0.15, 0.2) is 73.0 Å². The molecule has 3 rings (SSSR count). The summed E-state index contributed by atoms with van der Waals surface area (Å²) in [5.74, 6) is -0.853. The Morgan fingerprint density at radius 1 is 0.857 bits per heavy atom. The quantitative estimate of drug-likeness (QED) is 0.368. The van der Waals surface area contributed by atoms with Crippen LogP contribution in [0.2, 0.25) is 0 Å². The molecule has 0 saturated carbocycles. The number of rotatable bonds is 4. The summed E-state index contributed by atoms with van der Waals surface area (Å²) in [5, 5.41) is 18.3. The van der Waals surface area contributed by atoms with Crippen molar-refractivity contribution in [3.8, 4) is 5.75 Å². The number of hydrogen-bond acceptors (Lipinski definition) is 7. The molecule has 0 bridgehead atoms. The summed E-state index contributed by atoms with van der Waals surface area (Å²) >= 11 is 3.26. The second kappa shape index (κ2) is 7.22. The van der Waals surface area contributed by atoms with E-state index in [0.29, 0.717) is 10.2 Å². The highest BCUT2D eigenvalue weighted by Crippen LogP contribution is 2.42. The lowest BCUT2D eigenvalue weighted by Crippen LogP contribution is -2.00. The molecule has 9 nitrogen and oxygen atoms in total. The second-order valence-electron chi connectivity index (χ2n) is 5.58. The molecule has 0 aliphatic rings. The number of azo groups is 1. The standard InChI is InChI=1S/C16H11BrN2O7S2/c17-10-2-1-3-11(8-10)18-19-15-13-5-4-12(27(21,22)23)6-9(13)7-14(16(15)20)28(24,25)26/h1-8,20H,(H,21,22,23)(H,24,25,26). The molecule has 28 heavy (non-hydrogen) atoms. The fraction of sp³-hybridized carbons (Fsp3) is 0. The van der Waals surface area contributed by atoms with Crippen LogP contribution in [-0.4, -0.2) is 31.0 Å². The van der Waals surface area contributed by atoms with E-state index in [2.05, 4.69) is 26.2 Å². The lowest BCUT2D eigenvalue weighted by molar-refractivity contribution is 0.445. The van der Waals surface area contributed by atoms with E-state index in [9.17, 15) is 31.0 Å². The third-order valence-corrected chi connectivity index (χ3v) is 5.88. The summed E-state index contributed by atoms with van der Waals surface area (Å²) < 4.78 is 65.2. The van der Waals surface area contributed by atoms with Gasteiger partial charge in [0.2, 0.25) is 0 Å². The van der Waals surface area contributed by atoms with E-state index < -0.39 is 35.8 Å². The van der Waals surface area contributed by atoms with Crippen molar-refractivity contribution >= 4 is 58.3 Å². The molecule has 0 fully saturated rings. The first-order valence-electron chi connectivity index (χ1n) is 7.39. The van der Waals surface area contributed by atoms with Crippen molar-refractivity contribution < 1.29 is 31.0 Å². The average Bonchev–Trinajstić information content (AvgIpc) is 2.58. The van der Waals surface area contributed by atoms with Gasteiger partial charge in [-0.1, -0.05) is 28.1 Å². The van der Waals surface area contributed by atoms with Gasteiger partial charge in [0.1, 0.15) is 10.6 Å². The normalized spacial score (nSPS) is 12.7. The Bertz CT molecular complexity index is 1340. The highest BCUT2D eigenvalue weighted by atomic mass is 79.9. The Balaban J connectivity index is 2.31. The summed E-state index contributed by atoms with van der Waals surface area (Å²) in [6, 6.07) is 10.8. The molecule has 0 saturated heterocycles. The second-order valence-corrected chi connectivity index (χ2v) is 9.31. The van der Waals surface area contributed by atoms with Crippen molar-refractivity contribution in [2.24, 2.45) is 10.2 Å². The summed E-state index contributed by atoms with van der Waals surface area (Å²) in [4.78, 5) is -1.38. The van der Waals surface area contributed by atoms with Crippen LogP contribution < -0.4 is 0 Å². The molecule has 0 aliphatic carbocycles. The van der Waals surface area contributed by atoms with Gasteiger partial charge < -0.3 is 5.11 Å². The minimum atomic E-state index is -4.86. The molecule has 0 aliphatic heterocycles. The molecule has 3 N–H and O–H groups in total. The molecule has 0 radical (unpaired) electrons. The van der Waals surface area contributed by atoms with Crippen molar-refractivity contribution in [1.82, 2.24) is 0 Å². The van der Waals surface area contributed by atoms with Gasteiger partial charge in [-0.05, 0) is 41.8 Å². The highest BCUT2D eigenvalue weighted by Gasteiger charge is 2.22. The number of halogens is 1. The Labute approximate surface area is 168 Å². The van der Waals surface area contributed by atoms with Crippen molar-refractivity contribution in [3.05, 3.63) is 53.0 Å². The van der Waals surface area contributed by atoms with Crippen LogP contribution in [0, 0.1) is 0 Å². The number of hydrogen-bond donors (Lipinski definition) is 3. The van der Waals surface area contributed by atoms with Crippen molar-refractivity contribution in [2.45, 2.75) is 9.79 Å². The molecule has 0 heterocycles. The van der Waals surface area contributed by atoms with Crippen LogP contribution >= 0.6 is 15.9 Å². The van der Waals surface area contributed by atoms with Gasteiger partial charge in [-0.3, -0.25) is 9.11 Å². The van der Waals surface area contributed by atoms with Gasteiger partial charge in [-0.2, -0.15) is 21.9 Å². The smallest absolute Gasteiger partial charge is 0.298 e. The number of aromatic hydroxyl groups is 1. The summed E-state index contributed by atoms with van der Waals surface area (Å²) in [7, 11) is -9.42. The summed E-state index contributed by atoms with van der Waals surface area (Å²) in [6.07, 6.45) is 0. The zero-order valence-electron chi connectivity index (χ0n) is 13.7. The largest absolute Gasteiger partial charge is 0.504 e. The van der Waals surface area contributed by atoms with Crippen molar-refractivity contribution in [1.29, 1.82) is 0 Å². The van der Waals surface area contributed by atoms with Crippen LogP contribution in [0.4, 0.5) is 11.4 Å². The fourth-order valence-electron chi connectivity index (χ4n) is 2.43. The molecule has 3 aromatic carbocycles. The van der Waals surface area contributed by atoms with Gasteiger partial charge in [0.05, 0.1) is 10.6 Å². The summed E-state index contributed by atoms with van der Waals surface area (Å²) in [6.45, 7) is 0. The van der Waals surface area contributed by atoms with Gasteiger partial charge in [-0.25, -0.2) is 0 Å². The predicted molar refractivity (Wildman–Crippen MR) is 104 cm³/mol. The van der Waals surface area contributed by atoms with E-state index in [1.54, 1.807) is 24.3 Å². The maximum atomic E-state index is 11.6. The topological polar surface area (TPSA) is 154 Å². The van der Waals surface area contributed by atoms with Crippen molar-refractivity contribution in [3.63, 3.8) is 0 Å². The SMILES string of the molecule is O=S(=O)(O)c1ccc2c(N=Nc3cccc(Br)c3)c(O)c(S(=O)(=O)O)cc2c1. The lowest BCUT2D eigenvalue weighted by Gasteiger charge is -2.09. The molecule has 146 valence electrons. The van der Waals surface area contributed by atoms with Crippen LogP contribution in [-0.2, 0) is 20.2 Å². The first-order valence-corrected chi connectivity index (χ1v) is 11.1. The number of phenolic OH excluding ortho intramolecular Hbond substituents is 1. The third kappa shape index (κ3) is 4.20. The predicted octanol–water partition coefficient (Wildman–Crippen LogP) is 4.22. The zero-order chi connectivity index (χ0) is 20.7. The number of benzene rings is 3. The molecule has 0 atom stereocenters. The fourth-order valence-corrected chi connectivity index (χ4v) is 3.95. The van der Waals surface area contributed by atoms with E-state index in [1.807, 2.05) is 0 Å². The average molecular weight is 487 g/mol. The number of nitrogens with zero attached hydrogens (tertiary/aromatic N) is 2. The molecular formula is C16H11BrN2O7S2. The number of fused-ring (bicyclic) bond motifs is 1. The monoisotopic (exact) mass is 486 g/mol. The van der Waals surface area contributed by atoms with Gasteiger partial charge >= 0.3 is 0 Å². The van der Waals surface area contributed by atoms with E-state index in [-0.39, 0.29) is 16.5 Å².